The van der Waals surface area contributed by atoms with Gasteiger partial charge < -0.3 is 4.74 Å². The summed E-state index contributed by atoms with van der Waals surface area (Å²) in [5.41, 5.74) is 0. The summed E-state index contributed by atoms with van der Waals surface area (Å²) in [6, 6.07) is 11.0. The number of hydrogen-bond acceptors (Lipinski definition) is 1. The van der Waals surface area contributed by atoms with Crippen LogP contribution >= 0.6 is 27.5 Å². The first kappa shape index (κ1) is 11.4. The molecule has 16 heavy (non-hydrogen) atoms. The van der Waals surface area contributed by atoms with Gasteiger partial charge in [0.05, 0.1) is 4.47 Å². The van der Waals surface area contributed by atoms with Crippen LogP contribution in [0.4, 0.5) is 4.39 Å². The molecule has 0 radical (unpaired) electrons. The van der Waals surface area contributed by atoms with Crippen molar-refractivity contribution < 1.29 is 9.13 Å². The Labute approximate surface area is 106 Å². The van der Waals surface area contributed by atoms with Gasteiger partial charge in [0.15, 0.2) is 0 Å². The Balaban J connectivity index is 2.26. The van der Waals surface area contributed by atoms with Crippen LogP contribution in [0.1, 0.15) is 0 Å². The van der Waals surface area contributed by atoms with Crippen molar-refractivity contribution >= 4 is 27.5 Å². The molecule has 0 atom stereocenters. The third-order valence-corrected chi connectivity index (χ3v) is 2.82. The highest BCUT2D eigenvalue weighted by Crippen LogP contribution is 2.32. The zero-order valence-corrected chi connectivity index (χ0v) is 10.4. The minimum Gasteiger partial charge on any atom is -0.456 e. The van der Waals surface area contributed by atoms with Gasteiger partial charge in [-0.25, -0.2) is 4.39 Å². The SMILES string of the molecule is Fc1ccc(Oc2cc(Cl)ccc2Br)cc1. The normalized spacial score (nSPS) is 10.2. The highest BCUT2D eigenvalue weighted by Gasteiger charge is 2.03. The summed E-state index contributed by atoms with van der Waals surface area (Å²) in [7, 11) is 0. The maximum absolute atomic E-state index is 12.7. The first-order valence-corrected chi connectivity index (χ1v) is 5.71. The van der Waals surface area contributed by atoms with Gasteiger partial charge in [-0.2, -0.15) is 0 Å². The Morgan fingerprint density at radius 3 is 2.44 bits per heavy atom. The van der Waals surface area contributed by atoms with Gasteiger partial charge in [-0.15, -0.1) is 0 Å². The molecular formula is C12H7BrClFO. The van der Waals surface area contributed by atoms with Crippen molar-refractivity contribution in [1.82, 2.24) is 0 Å². The molecule has 0 N–H and O–H groups in total. The molecule has 0 aliphatic carbocycles. The molecule has 0 aromatic heterocycles. The zero-order valence-electron chi connectivity index (χ0n) is 8.08. The highest BCUT2D eigenvalue weighted by atomic mass is 79.9. The molecule has 2 aromatic rings. The Morgan fingerprint density at radius 1 is 1.06 bits per heavy atom. The molecule has 0 amide bonds. The minimum absolute atomic E-state index is 0.294. The number of halogens is 3. The molecule has 4 heteroatoms. The predicted molar refractivity (Wildman–Crippen MR) is 65.6 cm³/mol. The van der Waals surface area contributed by atoms with E-state index in [0.717, 1.165) is 4.47 Å². The summed E-state index contributed by atoms with van der Waals surface area (Å²) in [4.78, 5) is 0. The van der Waals surface area contributed by atoms with Crippen LogP contribution in [0.15, 0.2) is 46.9 Å². The predicted octanol–water partition coefficient (Wildman–Crippen LogP) is 5.03. The lowest BCUT2D eigenvalue weighted by Crippen LogP contribution is -1.85. The van der Waals surface area contributed by atoms with E-state index in [0.29, 0.717) is 16.5 Å². The first-order valence-electron chi connectivity index (χ1n) is 4.53. The fourth-order valence-electron chi connectivity index (χ4n) is 1.19. The Bertz CT molecular complexity index is 499. The summed E-state index contributed by atoms with van der Waals surface area (Å²) >= 11 is 9.19. The van der Waals surface area contributed by atoms with E-state index in [-0.39, 0.29) is 5.82 Å². The maximum Gasteiger partial charge on any atom is 0.143 e. The van der Waals surface area contributed by atoms with Crippen molar-refractivity contribution in [1.29, 1.82) is 0 Å². The average Bonchev–Trinajstić information content (AvgIpc) is 2.27. The summed E-state index contributed by atoms with van der Waals surface area (Å²) < 4.78 is 19.0. The minimum atomic E-state index is -0.294. The topological polar surface area (TPSA) is 9.23 Å². The second kappa shape index (κ2) is 4.85. The van der Waals surface area contributed by atoms with Crippen molar-refractivity contribution in [3.8, 4) is 11.5 Å². The fraction of sp³-hybridized carbons (Fsp3) is 0. The van der Waals surface area contributed by atoms with E-state index in [4.69, 9.17) is 16.3 Å². The molecule has 0 aliphatic heterocycles. The third-order valence-electron chi connectivity index (χ3n) is 1.93. The van der Waals surface area contributed by atoms with Crippen molar-refractivity contribution in [2.45, 2.75) is 0 Å². The molecular weight excluding hydrogens is 294 g/mol. The highest BCUT2D eigenvalue weighted by molar-refractivity contribution is 9.10. The Morgan fingerprint density at radius 2 is 1.75 bits per heavy atom. The van der Waals surface area contributed by atoms with E-state index in [2.05, 4.69) is 15.9 Å². The van der Waals surface area contributed by atoms with Crippen molar-refractivity contribution in [3.63, 3.8) is 0 Å². The van der Waals surface area contributed by atoms with E-state index in [1.54, 1.807) is 30.3 Å². The van der Waals surface area contributed by atoms with E-state index in [1.807, 2.05) is 0 Å². The van der Waals surface area contributed by atoms with Crippen LogP contribution in [0.25, 0.3) is 0 Å². The van der Waals surface area contributed by atoms with Gasteiger partial charge in [-0.05, 0) is 52.3 Å². The number of ether oxygens (including phenoxy) is 1. The van der Waals surface area contributed by atoms with Gasteiger partial charge in [0, 0.05) is 11.1 Å². The second-order valence-corrected chi connectivity index (χ2v) is 4.42. The molecule has 0 unspecified atom stereocenters. The number of rotatable bonds is 2. The summed E-state index contributed by atoms with van der Waals surface area (Å²) in [5, 5.41) is 0.584. The molecule has 2 aromatic carbocycles. The Hall–Kier alpha value is -1.06. The van der Waals surface area contributed by atoms with Gasteiger partial charge in [0.1, 0.15) is 17.3 Å². The van der Waals surface area contributed by atoms with E-state index in [9.17, 15) is 4.39 Å². The fourth-order valence-corrected chi connectivity index (χ4v) is 1.67. The summed E-state index contributed by atoms with van der Waals surface area (Å²) in [6.45, 7) is 0. The molecule has 0 saturated carbocycles. The maximum atomic E-state index is 12.7. The summed E-state index contributed by atoms with van der Waals surface area (Å²) in [6.07, 6.45) is 0. The van der Waals surface area contributed by atoms with Crippen molar-refractivity contribution in [2.75, 3.05) is 0 Å². The lowest BCUT2D eigenvalue weighted by atomic mass is 10.3. The smallest absolute Gasteiger partial charge is 0.143 e. The molecule has 0 aliphatic rings. The molecule has 82 valence electrons. The Kier molecular flexibility index (Phi) is 3.46. The molecule has 0 spiro atoms. The van der Waals surface area contributed by atoms with Gasteiger partial charge >= 0.3 is 0 Å². The van der Waals surface area contributed by atoms with E-state index in [1.165, 1.54) is 12.1 Å². The van der Waals surface area contributed by atoms with E-state index < -0.39 is 0 Å². The molecule has 0 fully saturated rings. The molecule has 0 bridgehead atoms. The van der Waals surface area contributed by atoms with Crippen molar-refractivity contribution in [3.05, 3.63) is 57.8 Å². The average molecular weight is 302 g/mol. The molecule has 2 rings (SSSR count). The van der Waals surface area contributed by atoms with Crippen molar-refractivity contribution in [2.24, 2.45) is 0 Å². The number of hydrogen-bond donors (Lipinski definition) is 0. The molecule has 0 saturated heterocycles. The lowest BCUT2D eigenvalue weighted by molar-refractivity contribution is 0.477. The van der Waals surface area contributed by atoms with Crippen LogP contribution in [-0.2, 0) is 0 Å². The van der Waals surface area contributed by atoms with Gasteiger partial charge in [-0.1, -0.05) is 11.6 Å². The quantitative estimate of drug-likeness (QED) is 0.755. The van der Waals surface area contributed by atoms with Gasteiger partial charge in [-0.3, -0.25) is 0 Å². The lowest BCUT2D eigenvalue weighted by Gasteiger charge is -2.07. The van der Waals surface area contributed by atoms with Crippen LogP contribution < -0.4 is 4.74 Å². The second-order valence-electron chi connectivity index (χ2n) is 3.13. The van der Waals surface area contributed by atoms with E-state index >= 15 is 0 Å². The van der Waals surface area contributed by atoms with Crippen LogP contribution in [0, 0.1) is 5.82 Å². The van der Waals surface area contributed by atoms with Crippen LogP contribution in [0.5, 0.6) is 11.5 Å². The molecule has 0 heterocycles. The summed E-state index contributed by atoms with van der Waals surface area (Å²) in [5.74, 6) is 0.862. The largest absolute Gasteiger partial charge is 0.456 e. The monoisotopic (exact) mass is 300 g/mol. The molecule has 1 nitrogen and oxygen atoms in total. The third kappa shape index (κ3) is 2.74. The zero-order chi connectivity index (χ0) is 11.5. The van der Waals surface area contributed by atoms with Gasteiger partial charge in [0.25, 0.3) is 0 Å². The van der Waals surface area contributed by atoms with Gasteiger partial charge in [0.2, 0.25) is 0 Å². The standard InChI is InChI=1S/C12H7BrClFO/c13-11-6-1-8(14)7-12(11)16-10-4-2-9(15)3-5-10/h1-7H. The first-order chi connectivity index (χ1) is 7.65. The number of benzene rings is 2. The van der Waals surface area contributed by atoms with Crippen LogP contribution in [0.3, 0.4) is 0 Å². The van der Waals surface area contributed by atoms with Crippen LogP contribution in [0.2, 0.25) is 5.02 Å². The van der Waals surface area contributed by atoms with Crippen LogP contribution in [-0.4, -0.2) is 0 Å².